The van der Waals surface area contributed by atoms with Crippen LogP contribution in [-0.4, -0.2) is 55.7 Å². The number of likely N-dealkylation sites (tertiary alicyclic amines) is 1. The number of nitrogens with zero attached hydrogens (tertiary/aromatic N) is 4. The van der Waals surface area contributed by atoms with Crippen LogP contribution in [0.1, 0.15) is 46.9 Å². The van der Waals surface area contributed by atoms with Crippen LogP contribution >= 0.6 is 0 Å². The number of hydrogen-bond donors (Lipinski definition) is 2. The van der Waals surface area contributed by atoms with E-state index in [-0.39, 0.29) is 18.7 Å². The lowest BCUT2D eigenvalue weighted by Gasteiger charge is -2.39. The van der Waals surface area contributed by atoms with Crippen molar-refractivity contribution in [3.8, 4) is 23.1 Å². The largest absolute Gasteiger partial charge is 0.417 e. The molecule has 2 aromatic heterocycles. The summed E-state index contributed by atoms with van der Waals surface area (Å²) in [4.78, 5) is 26.5. The van der Waals surface area contributed by atoms with Crippen molar-refractivity contribution < 1.29 is 27.5 Å². The van der Waals surface area contributed by atoms with Crippen molar-refractivity contribution in [1.29, 1.82) is 0 Å². The smallest absolute Gasteiger partial charge is 0.384 e. The van der Waals surface area contributed by atoms with Crippen LogP contribution in [0.15, 0.2) is 42.9 Å². The van der Waals surface area contributed by atoms with E-state index < -0.39 is 36.3 Å². The molecule has 0 bridgehead atoms. The molecule has 0 atom stereocenters. The van der Waals surface area contributed by atoms with E-state index in [0.29, 0.717) is 40.3 Å². The van der Waals surface area contributed by atoms with Gasteiger partial charge in [0.25, 0.3) is 5.91 Å². The van der Waals surface area contributed by atoms with Crippen molar-refractivity contribution in [2.45, 2.75) is 38.0 Å². The van der Waals surface area contributed by atoms with Crippen molar-refractivity contribution in [2.75, 3.05) is 18.8 Å². The summed E-state index contributed by atoms with van der Waals surface area (Å²) < 4.78 is 54.3. The van der Waals surface area contributed by atoms with Gasteiger partial charge in [-0.25, -0.2) is 19.3 Å². The van der Waals surface area contributed by atoms with Crippen LogP contribution in [0.4, 0.5) is 23.4 Å². The number of halogens is 4. The van der Waals surface area contributed by atoms with E-state index in [1.54, 1.807) is 12.1 Å². The lowest BCUT2D eigenvalue weighted by atomic mass is 9.90. The Morgan fingerprint density at radius 1 is 1.14 bits per heavy atom. The number of aryl methyl sites for hydroxylation is 1. The zero-order chi connectivity index (χ0) is 26.8. The van der Waals surface area contributed by atoms with E-state index in [4.69, 9.17) is 5.73 Å². The third kappa shape index (κ3) is 5.39. The van der Waals surface area contributed by atoms with Crippen LogP contribution < -0.4 is 5.73 Å². The summed E-state index contributed by atoms with van der Waals surface area (Å²) in [6.45, 7) is 1.20. The van der Waals surface area contributed by atoms with E-state index in [2.05, 4.69) is 26.8 Å². The minimum Gasteiger partial charge on any atom is -0.384 e. The number of piperidine rings is 1. The second-order valence-electron chi connectivity index (χ2n) is 8.64. The molecule has 0 unspecified atom stereocenters. The topological polar surface area (TPSA) is 105 Å². The molecule has 1 saturated heterocycles. The molecule has 0 radical (unpaired) electrons. The molecule has 0 aliphatic carbocycles. The summed E-state index contributed by atoms with van der Waals surface area (Å²) in [5.74, 6) is 4.76. The number of carbonyl (C=O) groups is 1. The van der Waals surface area contributed by atoms with E-state index >= 15 is 4.39 Å². The monoisotopic (exact) mass is 513 g/mol. The van der Waals surface area contributed by atoms with Gasteiger partial charge in [0.1, 0.15) is 18.0 Å². The van der Waals surface area contributed by atoms with Crippen LogP contribution in [0.25, 0.3) is 11.3 Å². The number of alkyl halides is 3. The summed E-state index contributed by atoms with van der Waals surface area (Å²) in [5.41, 5.74) is 4.94. The maximum atomic E-state index is 15.1. The summed E-state index contributed by atoms with van der Waals surface area (Å²) in [5, 5.41) is 9.82. The number of nitrogens with two attached hydrogens (primary N) is 1. The molecule has 4 rings (SSSR count). The molecule has 3 aromatic rings. The van der Waals surface area contributed by atoms with Crippen molar-refractivity contribution >= 4 is 11.7 Å². The normalized spacial score (nSPS) is 15.1. The first kappa shape index (κ1) is 26.0. The van der Waals surface area contributed by atoms with E-state index in [1.807, 2.05) is 6.92 Å². The average molecular weight is 513 g/mol. The van der Waals surface area contributed by atoms with Crippen molar-refractivity contribution in [3.05, 3.63) is 71.1 Å². The molecule has 1 amide bonds. The quantitative estimate of drug-likeness (QED) is 0.408. The van der Waals surface area contributed by atoms with Crippen LogP contribution in [0, 0.1) is 17.7 Å². The molecule has 11 heteroatoms. The molecule has 0 saturated carbocycles. The van der Waals surface area contributed by atoms with Gasteiger partial charge in [-0.1, -0.05) is 24.8 Å². The van der Waals surface area contributed by atoms with Crippen molar-refractivity contribution in [2.24, 2.45) is 0 Å². The first-order valence-corrected chi connectivity index (χ1v) is 11.5. The van der Waals surface area contributed by atoms with Gasteiger partial charge >= 0.3 is 6.18 Å². The lowest BCUT2D eigenvalue weighted by molar-refractivity contribution is -0.271. The molecule has 1 aliphatic rings. The number of nitrogen functional groups attached to an aromatic ring is 1. The maximum absolute atomic E-state index is 15.1. The fourth-order valence-electron chi connectivity index (χ4n) is 4.02. The van der Waals surface area contributed by atoms with Gasteiger partial charge in [-0.2, -0.15) is 13.2 Å². The Hall–Kier alpha value is -4.04. The van der Waals surface area contributed by atoms with Gasteiger partial charge in [0.15, 0.2) is 5.60 Å². The molecule has 7 nitrogen and oxygen atoms in total. The summed E-state index contributed by atoms with van der Waals surface area (Å²) in [6.07, 6.45) is -2.74. The molecule has 3 heterocycles. The Morgan fingerprint density at radius 3 is 2.46 bits per heavy atom. The zero-order valence-corrected chi connectivity index (χ0v) is 19.8. The number of anilines is 1. The predicted molar refractivity (Wildman–Crippen MR) is 128 cm³/mol. The molecule has 1 aromatic carbocycles. The highest BCUT2D eigenvalue weighted by atomic mass is 19.4. The molecule has 3 N–H and O–H groups in total. The van der Waals surface area contributed by atoms with Gasteiger partial charge in [-0.15, -0.1) is 0 Å². The van der Waals surface area contributed by atoms with Gasteiger partial charge in [0, 0.05) is 43.3 Å². The highest BCUT2D eigenvalue weighted by Crippen LogP contribution is 2.38. The maximum Gasteiger partial charge on any atom is 0.417 e. The highest BCUT2D eigenvalue weighted by molar-refractivity contribution is 5.95. The zero-order valence-electron chi connectivity index (χ0n) is 19.8. The molecular weight excluding hydrogens is 490 g/mol. The van der Waals surface area contributed by atoms with Crippen LogP contribution in [-0.2, 0) is 6.42 Å². The van der Waals surface area contributed by atoms with Crippen molar-refractivity contribution in [3.63, 3.8) is 0 Å². The number of benzene rings is 1. The minimum atomic E-state index is -4.80. The van der Waals surface area contributed by atoms with Crippen LogP contribution in [0.3, 0.4) is 0 Å². The first-order chi connectivity index (χ1) is 17.5. The van der Waals surface area contributed by atoms with E-state index in [1.165, 1.54) is 24.7 Å². The van der Waals surface area contributed by atoms with Crippen LogP contribution in [0.5, 0.6) is 0 Å². The Kier molecular flexibility index (Phi) is 7.14. The number of hydrogen-bond acceptors (Lipinski definition) is 6. The third-order valence-electron chi connectivity index (χ3n) is 6.26. The Labute approximate surface area is 210 Å². The van der Waals surface area contributed by atoms with Gasteiger partial charge in [-0.05, 0) is 30.7 Å². The van der Waals surface area contributed by atoms with E-state index in [9.17, 15) is 23.1 Å². The fourth-order valence-corrected chi connectivity index (χ4v) is 4.02. The SMILES string of the molecule is CCc1ncnc(-c2ccc(C(=O)N3CCC(O)(C(F)(F)F)CC3)c(F)c2)c1C#Cc1ccc(N)nc1. The Balaban J connectivity index is 1.61. The van der Waals surface area contributed by atoms with Gasteiger partial charge in [0.2, 0.25) is 0 Å². The highest BCUT2D eigenvalue weighted by Gasteiger charge is 2.55. The number of rotatable bonds is 3. The Morgan fingerprint density at radius 2 is 1.86 bits per heavy atom. The number of amides is 1. The molecule has 192 valence electrons. The van der Waals surface area contributed by atoms with Gasteiger partial charge < -0.3 is 15.7 Å². The van der Waals surface area contributed by atoms with Gasteiger partial charge in [0.05, 0.1) is 22.5 Å². The average Bonchev–Trinajstić information content (AvgIpc) is 2.87. The molecule has 37 heavy (non-hydrogen) atoms. The predicted octanol–water partition coefficient (Wildman–Crippen LogP) is 3.75. The lowest BCUT2D eigenvalue weighted by Crippen LogP contribution is -2.54. The van der Waals surface area contributed by atoms with Crippen LogP contribution in [0.2, 0.25) is 0 Å². The second-order valence-corrected chi connectivity index (χ2v) is 8.64. The molecule has 0 spiro atoms. The van der Waals surface area contributed by atoms with Gasteiger partial charge in [-0.3, -0.25) is 4.79 Å². The standard InChI is InChI=1S/C26H23F4N5O2/c1-2-21-19(6-3-16-4-8-22(31)32-14-16)23(34-15-33-21)17-5-7-18(20(27)13-17)24(36)35-11-9-25(37,10-12-35)26(28,29)30/h4-5,7-8,13-15,37H,2,9-12H2,1H3,(H2,31,32). The molecule has 1 fully saturated rings. The number of aromatic nitrogens is 3. The fraction of sp³-hybridized carbons (Fsp3) is 0.308. The minimum absolute atomic E-state index is 0.286. The molecule has 1 aliphatic heterocycles. The Bertz CT molecular complexity index is 1370. The number of carbonyl (C=O) groups excluding carboxylic acids is 1. The molecular formula is C26H23F4N5O2. The first-order valence-electron chi connectivity index (χ1n) is 11.5. The summed E-state index contributed by atoms with van der Waals surface area (Å²) in [6, 6.07) is 7.24. The van der Waals surface area contributed by atoms with E-state index in [0.717, 1.165) is 11.0 Å². The number of pyridine rings is 1. The van der Waals surface area contributed by atoms with Crippen molar-refractivity contribution in [1.82, 2.24) is 19.9 Å². The summed E-state index contributed by atoms with van der Waals surface area (Å²) in [7, 11) is 0. The third-order valence-corrected chi connectivity index (χ3v) is 6.26. The number of aliphatic hydroxyl groups is 1. The summed E-state index contributed by atoms with van der Waals surface area (Å²) >= 11 is 0. The second kappa shape index (κ2) is 10.1.